The van der Waals surface area contributed by atoms with Crippen LogP contribution in [0.1, 0.15) is 38.7 Å². The average Bonchev–Trinajstić information content (AvgIpc) is 2.62. The molecule has 0 unspecified atom stereocenters. The van der Waals surface area contributed by atoms with Gasteiger partial charge in [-0.1, -0.05) is 13.8 Å². The average molecular weight is 302 g/mol. The van der Waals surface area contributed by atoms with Gasteiger partial charge in [0.1, 0.15) is 5.78 Å². The highest BCUT2D eigenvalue weighted by atomic mass is 16.5. The van der Waals surface area contributed by atoms with Gasteiger partial charge in [0.15, 0.2) is 0 Å². The predicted molar refractivity (Wildman–Crippen MR) is 91.5 cm³/mol. The van der Waals surface area contributed by atoms with E-state index in [9.17, 15) is 4.79 Å². The quantitative estimate of drug-likeness (QED) is 0.857. The lowest BCUT2D eigenvalue weighted by atomic mass is 10.0. The smallest absolute Gasteiger partial charge is 0.132 e. The van der Waals surface area contributed by atoms with Crippen molar-refractivity contribution in [3.05, 3.63) is 23.8 Å². The van der Waals surface area contributed by atoms with Gasteiger partial charge in [0.25, 0.3) is 0 Å². The summed E-state index contributed by atoms with van der Waals surface area (Å²) in [4.78, 5) is 17.0. The first-order valence-corrected chi connectivity index (χ1v) is 8.24. The van der Waals surface area contributed by atoms with Crippen LogP contribution in [0.25, 0.3) is 0 Å². The van der Waals surface area contributed by atoms with Crippen molar-refractivity contribution < 1.29 is 9.53 Å². The molecule has 3 rings (SSSR count). The van der Waals surface area contributed by atoms with Gasteiger partial charge >= 0.3 is 0 Å². The molecule has 2 aliphatic rings. The second-order valence-electron chi connectivity index (χ2n) is 5.51. The van der Waals surface area contributed by atoms with Crippen LogP contribution in [0.3, 0.4) is 0 Å². The molecule has 1 fully saturated rings. The minimum Gasteiger partial charge on any atom is -0.378 e. The van der Waals surface area contributed by atoms with Crippen molar-refractivity contribution in [2.24, 2.45) is 4.99 Å². The summed E-state index contributed by atoms with van der Waals surface area (Å²) in [6, 6.07) is 6.60. The Labute approximate surface area is 133 Å². The van der Waals surface area contributed by atoms with Crippen LogP contribution in [0.5, 0.6) is 0 Å². The molecule has 0 aromatic heterocycles. The summed E-state index contributed by atoms with van der Waals surface area (Å²) in [6.07, 6.45) is 5.58. The summed E-state index contributed by atoms with van der Waals surface area (Å²) in [5.41, 5.74) is 3.84. The van der Waals surface area contributed by atoms with Crippen LogP contribution in [0.2, 0.25) is 0 Å². The van der Waals surface area contributed by atoms with Crippen LogP contribution >= 0.6 is 0 Å². The van der Waals surface area contributed by atoms with Gasteiger partial charge in [0, 0.05) is 37.8 Å². The van der Waals surface area contributed by atoms with E-state index < -0.39 is 0 Å². The maximum atomic E-state index is 10.2. The lowest BCUT2D eigenvalue weighted by Gasteiger charge is -2.29. The summed E-state index contributed by atoms with van der Waals surface area (Å²) in [7, 11) is 0. The summed E-state index contributed by atoms with van der Waals surface area (Å²) < 4.78 is 5.37. The summed E-state index contributed by atoms with van der Waals surface area (Å²) >= 11 is 0. The van der Waals surface area contributed by atoms with Crippen LogP contribution in [-0.4, -0.2) is 38.3 Å². The summed E-state index contributed by atoms with van der Waals surface area (Å²) in [6.45, 7) is 7.45. The van der Waals surface area contributed by atoms with E-state index in [1.54, 1.807) is 0 Å². The Balaban J connectivity index is 0.000000254. The first kappa shape index (κ1) is 16.7. The molecule has 0 spiro atoms. The van der Waals surface area contributed by atoms with Gasteiger partial charge in [-0.3, -0.25) is 9.79 Å². The van der Waals surface area contributed by atoms with Crippen LogP contribution in [-0.2, 0) is 16.0 Å². The first-order chi connectivity index (χ1) is 10.7. The predicted octanol–water partition coefficient (Wildman–Crippen LogP) is 3.55. The fraction of sp³-hybridized carbons (Fsp3) is 0.556. The van der Waals surface area contributed by atoms with Crippen molar-refractivity contribution >= 4 is 23.4 Å². The van der Waals surface area contributed by atoms with Crippen molar-refractivity contribution in [3.63, 3.8) is 0 Å². The van der Waals surface area contributed by atoms with Crippen molar-refractivity contribution in [2.75, 3.05) is 31.2 Å². The topological polar surface area (TPSA) is 41.9 Å². The Bertz CT molecular complexity index is 514. The molecule has 2 heterocycles. The zero-order valence-electron chi connectivity index (χ0n) is 13.7. The molecular weight excluding hydrogens is 276 g/mol. The lowest BCUT2D eigenvalue weighted by Crippen LogP contribution is -2.36. The van der Waals surface area contributed by atoms with Gasteiger partial charge in [-0.25, -0.2) is 0 Å². The van der Waals surface area contributed by atoms with E-state index in [2.05, 4.69) is 28.1 Å². The molecule has 1 aromatic rings. The molecule has 4 nitrogen and oxygen atoms in total. The first-order valence-electron chi connectivity index (χ1n) is 8.24. The number of hydrogen-bond donors (Lipinski definition) is 0. The molecule has 0 amide bonds. The molecule has 2 aliphatic heterocycles. The van der Waals surface area contributed by atoms with Crippen LogP contribution in [0.15, 0.2) is 23.2 Å². The highest BCUT2D eigenvalue weighted by Gasteiger charge is 2.13. The van der Waals surface area contributed by atoms with E-state index in [-0.39, 0.29) is 0 Å². The normalized spacial score (nSPS) is 16.5. The standard InChI is InChI=1S/C13H16N2O.C5H10O/c1-2-11-10-12(3-4-13(11)14-5-1)15-6-8-16-9-7-15;1-3-5(6)4-2/h3-5,10H,1-2,6-9H2;3-4H2,1-2H3. The molecular formula is C18H26N2O2. The van der Waals surface area contributed by atoms with Crippen molar-refractivity contribution in [2.45, 2.75) is 39.5 Å². The molecule has 1 aromatic carbocycles. The molecule has 0 saturated carbocycles. The van der Waals surface area contributed by atoms with E-state index in [1.165, 1.54) is 11.3 Å². The van der Waals surface area contributed by atoms with Crippen LogP contribution in [0.4, 0.5) is 11.4 Å². The number of hydrogen-bond acceptors (Lipinski definition) is 4. The molecule has 22 heavy (non-hydrogen) atoms. The molecule has 0 bridgehead atoms. The Morgan fingerprint density at radius 1 is 1.23 bits per heavy atom. The number of ketones is 1. The van der Waals surface area contributed by atoms with Gasteiger partial charge in [-0.05, 0) is 36.6 Å². The molecule has 0 N–H and O–H groups in total. The highest BCUT2D eigenvalue weighted by molar-refractivity contribution is 5.77. The van der Waals surface area contributed by atoms with Crippen molar-refractivity contribution in [1.29, 1.82) is 0 Å². The minimum absolute atomic E-state index is 0.343. The monoisotopic (exact) mass is 302 g/mol. The van der Waals surface area contributed by atoms with E-state index in [0.29, 0.717) is 18.6 Å². The number of nitrogens with zero attached hydrogens (tertiary/aromatic N) is 2. The number of fused-ring (bicyclic) bond motifs is 1. The van der Waals surface area contributed by atoms with E-state index in [0.717, 1.165) is 44.8 Å². The number of morpholine rings is 1. The molecule has 120 valence electrons. The van der Waals surface area contributed by atoms with Gasteiger partial charge in [0.2, 0.25) is 0 Å². The van der Waals surface area contributed by atoms with E-state index >= 15 is 0 Å². The summed E-state index contributed by atoms with van der Waals surface area (Å²) in [5, 5.41) is 0. The Kier molecular flexibility index (Phi) is 6.59. The van der Waals surface area contributed by atoms with Crippen molar-refractivity contribution in [1.82, 2.24) is 0 Å². The van der Waals surface area contributed by atoms with E-state index in [4.69, 9.17) is 4.74 Å². The van der Waals surface area contributed by atoms with Gasteiger partial charge in [-0.15, -0.1) is 0 Å². The number of aliphatic imine (C=N–C) groups is 1. The number of Topliss-reactive ketones (excluding diaryl/α,β-unsaturated/α-hetero) is 1. The molecule has 0 radical (unpaired) electrons. The molecule has 1 saturated heterocycles. The highest BCUT2D eigenvalue weighted by Crippen LogP contribution is 2.28. The lowest BCUT2D eigenvalue weighted by molar-refractivity contribution is -0.118. The van der Waals surface area contributed by atoms with Gasteiger partial charge in [-0.2, -0.15) is 0 Å². The maximum Gasteiger partial charge on any atom is 0.132 e. The number of carbonyl (C=O) groups excluding carboxylic acids is 1. The van der Waals surface area contributed by atoms with Gasteiger partial charge < -0.3 is 9.64 Å². The number of aryl methyl sites for hydroxylation is 1. The number of ether oxygens (including phenoxy) is 1. The third kappa shape index (κ3) is 4.67. The van der Waals surface area contributed by atoms with Crippen LogP contribution < -0.4 is 4.90 Å². The number of carbonyl (C=O) groups is 1. The number of benzene rings is 1. The second kappa shape index (κ2) is 8.69. The maximum absolute atomic E-state index is 10.2. The zero-order chi connectivity index (χ0) is 15.8. The second-order valence-corrected chi connectivity index (χ2v) is 5.51. The number of rotatable bonds is 3. The molecule has 0 atom stereocenters. The minimum atomic E-state index is 0.343. The Morgan fingerprint density at radius 2 is 1.95 bits per heavy atom. The third-order valence-corrected chi connectivity index (χ3v) is 4.00. The van der Waals surface area contributed by atoms with Gasteiger partial charge in [0.05, 0.1) is 18.9 Å². The van der Waals surface area contributed by atoms with Crippen LogP contribution in [0, 0.1) is 0 Å². The van der Waals surface area contributed by atoms with Crippen molar-refractivity contribution in [3.8, 4) is 0 Å². The fourth-order valence-electron chi connectivity index (χ4n) is 2.55. The van der Waals surface area contributed by atoms with E-state index in [1.807, 2.05) is 20.1 Å². The molecule has 0 aliphatic carbocycles. The third-order valence-electron chi connectivity index (χ3n) is 4.00. The molecule has 4 heteroatoms. The fourth-order valence-corrected chi connectivity index (χ4v) is 2.55. The Hall–Kier alpha value is -1.68. The largest absolute Gasteiger partial charge is 0.378 e. The summed E-state index contributed by atoms with van der Waals surface area (Å²) in [5.74, 6) is 0.343. The number of anilines is 1. The zero-order valence-corrected chi connectivity index (χ0v) is 13.7. The SMILES string of the molecule is C1=Nc2ccc(N3CCOCC3)cc2CC1.CCC(=O)CC. The Morgan fingerprint density at radius 3 is 2.59 bits per heavy atom.